The average molecular weight is 278 g/mol. The number of amides is 4. The van der Waals surface area contributed by atoms with Crippen LogP contribution in [0.4, 0.5) is 10.5 Å². The first-order valence-electron chi connectivity index (χ1n) is 5.78. The Bertz CT molecular complexity index is 537. The molecular formula is C13H14N2O3S. The Balaban J connectivity index is 2.32. The molecule has 1 saturated heterocycles. The van der Waals surface area contributed by atoms with Gasteiger partial charge in [0.05, 0.1) is 5.69 Å². The predicted octanol–water partition coefficient (Wildman–Crippen LogP) is 2.43. The Hall–Kier alpha value is -1.82. The predicted molar refractivity (Wildman–Crippen MR) is 73.5 cm³/mol. The quantitative estimate of drug-likeness (QED) is 0.473. The molecule has 0 atom stereocenters. The molecule has 0 bridgehead atoms. The van der Waals surface area contributed by atoms with Crippen LogP contribution in [-0.2, 0) is 9.59 Å². The number of nitrogens with zero attached hydrogens (tertiary/aromatic N) is 2. The standard InChI is InChI=1S/C13H14N2O3S/c1-13(2,3)19-15-11(17)10(16)14(12(15)18)9-7-5-4-6-8-9/h4-8H,1-3H3. The lowest BCUT2D eigenvalue weighted by Crippen LogP contribution is -2.32. The van der Waals surface area contributed by atoms with Gasteiger partial charge in [-0.3, -0.25) is 9.59 Å². The highest BCUT2D eigenvalue weighted by atomic mass is 32.2. The molecule has 0 spiro atoms. The number of carbonyl (C=O) groups is 3. The zero-order valence-corrected chi connectivity index (χ0v) is 11.7. The second kappa shape index (κ2) is 4.70. The third kappa shape index (κ3) is 2.63. The summed E-state index contributed by atoms with van der Waals surface area (Å²) in [5.74, 6) is -1.61. The molecule has 2 rings (SSSR count). The van der Waals surface area contributed by atoms with Gasteiger partial charge in [-0.2, -0.15) is 4.31 Å². The van der Waals surface area contributed by atoms with Gasteiger partial charge in [0.1, 0.15) is 0 Å². The molecule has 1 aliphatic rings. The highest BCUT2D eigenvalue weighted by Gasteiger charge is 2.47. The number of para-hydroxylation sites is 1. The molecule has 1 aromatic carbocycles. The summed E-state index contributed by atoms with van der Waals surface area (Å²) in [4.78, 5) is 36.9. The van der Waals surface area contributed by atoms with Crippen LogP contribution in [0, 0.1) is 0 Å². The summed E-state index contributed by atoms with van der Waals surface area (Å²) in [6.07, 6.45) is 0. The van der Waals surface area contributed by atoms with Crippen LogP contribution in [0.2, 0.25) is 0 Å². The maximum absolute atomic E-state index is 12.2. The van der Waals surface area contributed by atoms with Gasteiger partial charge in [-0.05, 0) is 44.9 Å². The number of rotatable bonds is 2. The first-order chi connectivity index (χ1) is 8.81. The minimum atomic E-state index is -0.812. The van der Waals surface area contributed by atoms with Gasteiger partial charge in [0.2, 0.25) is 0 Å². The number of imide groups is 2. The van der Waals surface area contributed by atoms with Crippen molar-refractivity contribution < 1.29 is 14.4 Å². The third-order valence-electron chi connectivity index (χ3n) is 2.32. The van der Waals surface area contributed by atoms with Crippen molar-refractivity contribution in [1.82, 2.24) is 4.31 Å². The van der Waals surface area contributed by atoms with Gasteiger partial charge in [-0.25, -0.2) is 9.69 Å². The van der Waals surface area contributed by atoms with E-state index in [0.717, 1.165) is 21.2 Å². The molecule has 0 saturated carbocycles. The molecule has 1 heterocycles. The first-order valence-corrected chi connectivity index (χ1v) is 6.55. The smallest absolute Gasteiger partial charge is 0.262 e. The maximum atomic E-state index is 12.2. The van der Waals surface area contributed by atoms with E-state index in [2.05, 4.69) is 0 Å². The largest absolute Gasteiger partial charge is 0.349 e. The van der Waals surface area contributed by atoms with Crippen molar-refractivity contribution in [1.29, 1.82) is 0 Å². The number of anilines is 1. The molecule has 1 aliphatic heterocycles. The Morgan fingerprint density at radius 2 is 1.53 bits per heavy atom. The van der Waals surface area contributed by atoms with E-state index in [-0.39, 0.29) is 4.75 Å². The highest BCUT2D eigenvalue weighted by molar-refractivity contribution is 7.99. The molecular weight excluding hydrogens is 264 g/mol. The molecule has 1 aromatic rings. The van der Waals surface area contributed by atoms with E-state index in [1.54, 1.807) is 30.3 Å². The minimum absolute atomic E-state index is 0.335. The van der Waals surface area contributed by atoms with Crippen LogP contribution in [0.25, 0.3) is 0 Å². The van der Waals surface area contributed by atoms with Gasteiger partial charge >= 0.3 is 17.8 Å². The van der Waals surface area contributed by atoms with Crippen molar-refractivity contribution in [3.8, 4) is 0 Å². The van der Waals surface area contributed by atoms with E-state index in [4.69, 9.17) is 0 Å². The Morgan fingerprint density at radius 3 is 2.05 bits per heavy atom. The van der Waals surface area contributed by atoms with Crippen LogP contribution < -0.4 is 4.90 Å². The molecule has 0 radical (unpaired) electrons. The molecule has 0 aliphatic carbocycles. The third-order valence-corrected chi connectivity index (χ3v) is 3.37. The van der Waals surface area contributed by atoms with E-state index in [1.807, 2.05) is 20.8 Å². The SMILES string of the molecule is CC(C)(C)SN1C(=O)C(=O)N(c2ccccc2)C1=O. The molecule has 6 heteroatoms. The van der Waals surface area contributed by atoms with Crippen LogP contribution in [-0.4, -0.2) is 26.9 Å². The van der Waals surface area contributed by atoms with Crippen molar-refractivity contribution in [3.63, 3.8) is 0 Å². The summed E-state index contributed by atoms with van der Waals surface area (Å²) in [6.45, 7) is 5.61. The zero-order chi connectivity index (χ0) is 14.2. The highest BCUT2D eigenvalue weighted by Crippen LogP contribution is 2.33. The molecule has 0 unspecified atom stereocenters. The minimum Gasteiger partial charge on any atom is -0.262 e. The van der Waals surface area contributed by atoms with Crippen LogP contribution in [0.15, 0.2) is 30.3 Å². The number of carbonyl (C=O) groups excluding carboxylic acids is 3. The number of hydrogen-bond donors (Lipinski definition) is 0. The molecule has 1 fully saturated rings. The second-order valence-electron chi connectivity index (χ2n) is 5.06. The van der Waals surface area contributed by atoms with E-state index in [9.17, 15) is 14.4 Å². The Kier molecular flexibility index (Phi) is 3.36. The lowest BCUT2D eigenvalue weighted by molar-refractivity contribution is -0.137. The lowest BCUT2D eigenvalue weighted by atomic mass is 10.3. The summed E-state index contributed by atoms with van der Waals surface area (Å²) < 4.78 is 0.591. The topological polar surface area (TPSA) is 57.7 Å². The van der Waals surface area contributed by atoms with Crippen LogP contribution >= 0.6 is 11.9 Å². The van der Waals surface area contributed by atoms with Gasteiger partial charge < -0.3 is 0 Å². The monoisotopic (exact) mass is 278 g/mol. The van der Waals surface area contributed by atoms with Gasteiger partial charge in [0.15, 0.2) is 0 Å². The molecule has 5 nitrogen and oxygen atoms in total. The van der Waals surface area contributed by atoms with Gasteiger partial charge in [-0.15, -0.1) is 0 Å². The second-order valence-corrected chi connectivity index (χ2v) is 6.83. The Labute approximate surface area is 115 Å². The van der Waals surface area contributed by atoms with Crippen LogP contribution in [0.1, 0.15) is 20.8 Å². The average Bonchev–Trinajstić information content (AvgIpc) is 2.53. The van der Waals surface area contributed by atoms with Crippen molar-refractivity contribution in [2.24, 2.45) is 0 Å². The fourth-order valence-corrected chi connectivity index (χ4v) is 2.47. The van der Waals surface area contributed by atoms with Crippen LogP contribution in [0.3, 0.4) is 0 Å². The fourth-order valence-electron chi connectivity index (χ4n) is 1.61. The summed E-state index contributed by atoms with van der Waals surface area (Å²) in [5.41, 5.74) is 0.405. The Morgan fingerprint density at radius 1 is 0.947 bits per heavy atom. The van der Waals surface area contributed by atoms with E-state index >= 15 is 0 Å². The number of benzene rings is 1. The molecule has 0 aromatic heterocycles. The van der Waals surface area contributed by atoms with Crippen molar-refractivity contribution in [3.05, 3.63) is 30.3 Å². The van der Waals surface area contributed by atoms with E-state index < -0.39 is 17.8 Å². The van der Waals surface area contributed by atoms with E-state index in [0.29, 0.717) is 5.69 Å². The van der Waals surface area contributed by atoms with Crippen molar-refractivity contribution >= 4 is 35.5 Å². The maximum Gasteiger partial charge on any atom is 0.349 e. The lowest BCUT2D eigenvalue weighted by Gasteiger charge is -2.22. The number of urea groups is 1. The normalized spacial score (nSPS) is 16.5. The summed E-state index contributed by atoms with van der Waals surface area (Å²) in [5, 5.41) is 0. The molecule has 100 valence electrons. The van der Waals surface area contributed by atoms with Gasteiger partial charge in [0.25, 0.3) is 0 Å². The van der Waals surface area contributed by atoms with E-state index in [1.165, 1.54) is 0 Å². The van der Waals surface area contributed by atoms with Crippen molar-refractivity contribution in [2.75, 3.05) is 4.90 Å². The zero-order valence-electron chi connectivity index (χ0n) is 10.9. The summed E-state index contributed by atoms with van der Waals surface area (Å²) in [7, 11) is 0. The molecule has 0 N–H and O–H groups in total. The summed E-state index contributed by atoms with van der Waals surface area (Å²) >= 11 is 1.05. The first kappa shape index (κ1) is 13.6. The fraction of sp³-hybridized carbons (Fsp3) is 0.308. The van der Waals surface area contributed by atoms with Gasteiger partial charge in [-0.1, -0.05) is 18.2 Å². The van der Waals surface area contributed by atoms with Crippen LogP contribution in [0.5, 0.6) is 0 Å². The molecule has 4 amide bonds. The number of hydrogen-bond acceptors (Lipinski definition) is 4. The van der Waals surface area contributed by atoms with Gasteiger partial charge in [0, 0.05) is 4.75 Å². The van der Waals surface area contributed by atoms with Crippen molar-refractivity contribution in [2.45, 2.75) is 25.5 Å². The molecule has 19 heavy (non-hydrogen) atoms. The summed E-state index contributed by atoms with van der Waals surface area (Å²) in [6, 6.07) is 7.82.